The lowest BCUT2D eigenvalue weighted by Crippen LogP contribution is -2.43. The summed E-state index contributed by atoms with van der Waals surface area (Å²) in [5, 5.41) is 14.6. The Labute approximate surface area is 152 Å². The van der Waals surface area contributed by atoms with Crippen LogP contribution in [0.4, 0.5) is 5.82 Å². The van der Waals surface area contributed by atoms with E-state index in [1.165, 1.54) is 12.4 Å². The van der Waals surface area contributed by atoms with Gasteiger partial charge < -0.3 is 19.7 Å². The number of carbonyl (C=O) groups is 2. The zero-order chi connectivity index (χ0) is 18.1. The van der Waals surface area contributed by atoms with Crippen LogP contribution in [0.3, 0.4) is 0 Å². The number of hydrogen-bond donors (Lipinski definition) is 2. The van der Waals surface area contributed by atoms with E-state index < -0.39 is 5.97 Å². The molecule has 1 atom stereocenters. The second kappa shape index (κ2) is 6.75. The first kappa shape index (κ1) is 16.5. The second-order valence-electron chi connectivity index (χ2n) is 5.98. The monoisotopic (exact) mass is 372 g/mol. The third-order valence-corrected chi connectivity index (χ3v) is 5.20. The van der Waals surface area contributed by atoms with Crippen molar-refractivity contribution in [3.05, 3.63) is 41.4 Å². The second-order valence-corrected chi connectivity index (χ2v) is 6.87. The molecule has 1 saturated heterocycles. The van der Waals surface area contributed by atoms with Crippen molar-refractivity contribution in [3.8, 4) is 0 Å². The predicted molar refractivity (Wildman–Crippen MR) is 95.3 cm³/mol. The number of hydrogen-bond acceptors (Lipinski definition) is 7. The Bertz CT molecular complexity index is 966. The van der Waals surface area contributed by atoms with Gasteiger partial charge in [-0.3, -0.25) is 4.79 Å². The summed E-state index contributed by atoms with van der Waals surface area (Å²) in [5.41, 5.74) is 0. The summed E-state index contributed by atoms with van der Waals surface area (Å²) in [6.45, 7) is 0.901. The molecule has 3 aromatic rings. The molecule has 0 aromatic carbocycles. The van der Waals surface area contributed by atoms with Gasteiger partial charge in [-0.25, -0.2) is 14.8 Å². The van der Waals surface area contributed by atoms with Crippen LogP contribution in [0.5, 0.6) is 0 Å². The number of nitrogens with one attached hydrogen (secondary N) is 1. The van der Waals surface area contributed by atoms with Gasteiger partial charge in [0.15, 0.2) is 0 Å². The third kappa shape index (κ3) is 3.01. The molecule has 4 heterocycles. The Morgan fingerprint density at radius 2 is 2.23 bits per heavy atom. The number of furan rings is 1. The van der Waals surface area contributed by atoms with Crippen molar-refractivity contribution in [1.29, 1.82) is 0 Å². The fourth-order valence-corrected chi connectivity index (χ4v) is 3.91. The van der Waals surface area contributed by atoms with Gasteiger partial charge >= 0.3 is 5.97 Å². The van der Waals surface area contributed by atoms with Crippen LogP contribution in [0.15, 0.2) is 34.3 Å². The molecule has 26 heavy (non-hydrogen) atoms. The molecule has 1 fully saturated rings. The first-order valence-electron chi connectivity index (χ1n) is 8.18. The molecule has 1 aliphatic rings. The van der Waals surface area contributed by atoms with Gasteiger partial charge in [0.2, 0.25) is 11.7 Å². The van der Waals surface area contributed by atoms with Crippen molar-refractivity contribution in [2.45, 2.75) is 25.4 Å². The average Bonchev–Trinajstić information content (AvgIpc) is 3.38. The molecule has 134 valence electrons. The van der Waals surface area contributed by atoms with Gasteiger partial charge in [0.1, 0.15) is 28.8 Å². The summed E-state index contributed by atoms with van der Waals surface area (Å²) in [7, 11) is 0. The van der Waals surface area contributed by atoms with Crippen molar-refractivity contribution >= 4 is 39.2 Å². The van der Waals surface area contributed by atoms with Crippen LogP contribution in [0.25, 0.3) is 10.2 Å². The Balaban J connectivity index is 1.48. The number of amides is 1. The largest absolute Gasteiger partial charge is 0.475 e. The lowest BCUT2D eigenvalue weighted by molar-refractivity contribution is -0.122. The van der Waals surface area contributed by atoms with Crippen LogP contribution in [-0.4, -0.2) is 39.5 Å². The SMILES string of the molecule is O=C(O)c1ccc(CNC(=O)C2CCCN2c2ncnc3sccc23)o1. The van der Waals surface area contributed by atoms with E-state index >= 15 is 0 Å². The molecule has 0 aliphatic carbocycles. The Kier molecular flexibility index (Phi) is 4.29. The van der Waals surface area contributed by atoms with Crippen LogP contribution in [0.2, 0.25) is 0 Å². The van der Waals surface area contributed by atoms with Crippen LogP contribution in [0, 0.1) is 0 Å². The van der Waals surface area contributed by atoms with Crippen LogP contribution >= 0.6 is 11.3 Å². The quantitative estimate of drug-likeness (QED) is 0.707. The smallest absolute Gasteiger partial charge is 0.371 e. The maximum atomic E-state index is 12.7. The normalized spacial score (nSPS) is 16.9. The number of thiophene rings is 1. The number of anilines is 1. The fourth-order valence-electron chi connectivity index (χ4n) is 3.18. The molecule has 0 bridgehead atoms. The number of carboxylic acids is 1. The van der Waals surface area contributed by atoms with Crippen molar-refractivity contribution in [2.24, 2.45) is 0 Å². The maximum absolute atomic E-state index is 12.7. The van der Waals surface area contributed by atoms with E-state index in [-0.39, 0.29) is 24.3 Å². The van der Waals surface area contributed by atoms with E-state index in [2.05, 4.69) is 15.3 Å². The number of aromatic nitrogens is 2. The molecule has 0 spiro atoms. The molecule has 0 radical (unpaired) electrons. The van der Waals surface area contributed by atoms with Crippen molar-refractivity contribution in [2.75, 3.05) is 11.4 Å². The molecule has 3 aromatic heterocycles. The van der Waals surface area contributed by atoms with Gasteiger partial charge in [0.05, 0.1) is 11.9 Å². The molecule has 0 saturated carbocycles. The first-order valence-corrected chi connectivity index (χ1v) is 9.06. The summed E-state index contributed by atoms with van der Waals surface area (Å²) in [5.74, 6) is -0.217. The van der Waals surface area contributed by atoms with E-state index in [4.69, 9.17) is 9.52 Å². The number of aromatic carboxylic acids is 1. The van der Waals surface area contributed by atoms with E-state index in [0.717, 1.165) is 35.4 Å². The molecule has 1 unspecified atom stereocenters. The Morgan fingerprint density at radius 1 is 1.35 bits per heavy atom. The van der Waals surface area contributed by atoms with Crippen LogP contribution in [0.1, 0.15) is 29.2 Å². The average molecular weight is 372 g/mol. The highest BCUT2D eigenvalue weighted by molar-refractivity contribution is 7.16. The third-order valence-electron chi connectivity index (χ3n) is 4.38. The number of fused-ring (bicyclic) bond motifs is 1. The minimum Gasteiger partial charge on any atom is -0.475 e. The highest BCUT2D eigenvalue weighted by Crippen LogP contribution is 2.31. The van der Waals surface area contributed by atoms with Crippen LogP contribution in [-0.2, 0) is 11.3 Å². The minimum atomic E-state index is -1.13. The van der Waals surface area contributed by atoms with Gasteiger partial charge in [-0.05, 0) is 36.4 Å². The van der Waals surface area contributed by atoms with Crippen molar-refractivity contribution in [3.63, 3.8) is 0 Å². The van der Waals surface area contributed by atoms with Crippen molar-refractivity contribution in [1.82, 2.24) is 15.3 Å². The zero-order valence-corrected chi connectivity index (χ0v) is 14.5. The first-order chi connectivity index (χ1) is 12.6. The summed E-state index contributed by atoms with van der Waals surface area (Å²) < 4.78 is 5.17. The molecule has 8 nitrogen and oxygen atoms in total. The number of nitrogens with zero attached hydrogens (tertiary/aromatic N) is 3. The summed E-state index contributed by atoms with van der Waals surface area (Å²) in [4.78, 5) is 35.1. The molecule has 4 rings (SSSR count). The standard InChI is InChI=1S/C17H16N4O4S/c22-15(18-8-10-3-4-13(25-10)17(23)24)12-2-1-6-21(12)14-11-5-7-26-16(11)20-9-19-14/h3-5,7,9,12H,1-2,6,8H2,(H,18,22)(H,23,24). The number of carboxylic acid groups (broad SMARTS) is 1. The Morgan fingerprint density at radius 3 is 3.04 bits per heavy atom. The summed E-state index contributed by atoms with van der Waals surface area (Å²) >= 11 is 1.54. The van der Waals surface area contributed by atoms with Gasteiger partial charge in [-0.1, -0.05) is 0 Å². The Hall–Kier alpha value is -2.94. The maximum Gasteiger partial charge on any atom is 0.371 e. The van der Waals surface area contributed by atoms with E-state index in [9.17, 15) is 9.59 Å². The summed E-state index contributed by atoms with van der Waals surface area (Å²) in [6, 6.07) is 4.58. The van der Waals surface area contributed by atoms with Gasteiger partial charge in [-0.2, -0.15) is 0 Å². The van der Waals surface area contributed by atoms with Gasteiger partial charge in [0, 0.05) is 6.54 Å². The summed E-state index contributed by atoms with van der Waals surface area (Å²) in [6.07, 6.45) is 3.16. The van der Waals surface area contributed by atoms with E-state index in [1.54, 1.807) is 17.4 Å². The lowest BCUT2D eigenvalue weighted by atomic mass is 10.2. The highest BCUT2D eigenvalue weighted by Gasteiger charge is 2.32. The van der Waals surface area contributed by atoms with Crippen molar-refractivity contribution < 1.29 is 19.1 Å². The number of carbonyl (C=O) groups excluding carboxylic acids is 1. The zero-order valence-electron chi connectivity index (χ0n) is 13.7. The van der Waals surface area contributed by atoms with E-state index in [0.29, 0.717) is 5.76 Å². The van der Waals surface area contributed by atoms with E-state index in [1.807, 2.05) is 16.3 Å². The molecular formula is C17H16N4O4S. The molecular weight excluding hydrogens is 356 g/mol. The molecule has 2 N–H and O–H groups in total. The molecule has 9 heteroatoms. The number of rotatable bonds is 5. The molecule has 1 aliphatic heterocycles. The van der Waals surface area contributed by atoms with Gasteiger partial charge in [0.25, 0.3) is 0 Å². The minimum absolute atomic E-state index is 0.127. The molecule has 1 amide bonds. The topological polar surface area (TPSA) is 109 Å². The van der Waals surface area contributed by atoms with Gasteiger partial charge in [-0.15, -0.1) is 11.3 Å². The highest BCUT2D eigenvalue weighted by atomic mass is 32.1. The fraction of sp³-hybridized carbons (Fsp3) is 0.294. The van der Waals surface area contributed by atoms with Crippen LogP contribution < -0.4 is 10.2 Å². The predicted octanol–water partition coefficient (Wildman–Crippen LogP) is 2.27. The lowest BCUT2D eigenvalue weighted by Gasteiger charge is -2.25.